The summed E-state index contributed by atoms with van der Waals surface area (Å²) in [4.78, 5) is 0. The Morgan fingerprint density at radius 3 is 2.75 bits per heavy atom. The third-order valence-electron chi connectivity index (χ3n) is 1.81. The molecule has 1 aromatic rings. The van der Waals surface area contributed by atoms with E-state index in [0.29, 0.717) is 12.4 Å². The normalized spacial score (nSPS) is 13.4. The van der Waals surface area contributed by atoms with Crippen LogP contribution in [0.15, 0.2) is 28.7 Å². The first-order valence-corrected chi connectivity index (χ1v) is 7.94. The lowest BCUT2D eigenvalue weighted by molar-refractivity contribution is 0.272. The van der Waals surface area contributed by atoms with Gasteiger partial charge in [0, 0.05) is 21.1 Å². The first-order valence-electron chi connectivity index (χ1n) is 4.67. The SMILES string of the molecule is CC(COc1cccc(Br)c1)CS(=O)(=O)Cl. The minimum absolute atomic E-state index is 0.0808. The zero-order chi connectivity index (χ0) is 12.2. The summed E-state index contributed by atoms with van der Waals surface area (Å²) in [6.45, 7) is 2.10. The molecule has 90 valence electrons. The second kappa shape index (κ2) is 5.89. The van der Waals surface area contributed by atoms with Crippen molar-refractivity contribution < 1.29 is 13.2 Å². The van der Waals surface area contributed by atoms with E-state index in [2.05, 4.69) is 15.9 Å². The van der Waals surface area contributed by atoms with Gasteiger partial charge in [0.25, 0.3) is 0 Å². The molecule has 0 spiro atoms. The molecule has 1 aromatic carbocycles. The number of halogens is 2. The highest BCUT2D eigenvalue weighted by Crippen LogP contribution is 2.18. The van der Waals surface area contributed by atoms with Crippen molar-refractivity contribution in [1.82, 2.24) is 0 Å². The molecule has 1 rings (SSSR count). The molecule has 0 saturated heterocycles. The molecule has 0 saturated carbocycles. The molecule has 0 amide bonds. The number of rotatable bonds is 5. The number of benzene rings is 1. The number of hydrogen-bond acceptors (Lipinski definition) is 3. The summed E-state index contributed by atoms with van der Waals surface area (Å²) < 4.78 is 28.0. The van der Waals surface area contributed by atoms with E-state index in [0.717, 1.165) is 4.47 Å². The first kappa shape index (κ1) is 13.8. The maximum absolute atomic E-state index is 10.8. The van der Waals surface area contributed by atoms with Gasteiger partial charge in [0.2, 0.25) is 9.05 Å². The lowest BCUT2D eigenvalue weighted by atomic mass is 10.2. The van der Waals surface area contributed by atoms with Crippen LogP contribution in [0.1, 0.15) is 6.92 Å². The van der Waals surface area contributed by atoms with Gasteiger partial charge in [-0.1, -0.05) is 28.9 Å². The van der Waals surface area contributed by atoms with E-state index in [4.69, 9.17) is 15.4 Å². The maximum atomic E-state index is 10.8. The Labute approximate surface area is 108 Å². The molecular formula is C10H12BrClO3S. The Morgan fingerprint density at radius 2 is 2.19 bits per heavy atom. The molecule has 3 nitrogen and oxygen atoms in total. The van der Waals surface area contributed by atoms with E-state index in [9.17, 15) is 8.42 Å². The fourth-order valence-electron chi connectivity index (χ4n) is 1.18. The third-order valence-corrected chi connectivity index (χ3v) is 3.65. The van der Waals surface area contributed by atoms with Crippen molar-refractivity contribution in [3.63, 3.8) is 0 Å². The van der Waals surface area contributed by atoms with Crippen LogP contribution in [0.3, 0.4) is 0 Å². The average molecular weight is 328 g/mol. The van der Waals surface area contributed by atoms with Crippen LogP contribution in [-0.4, -0.2) is 20.8 Å². The third kappa shape index (κ3) is 5.72. The molecule has 1 atom stereocenters. The quantitative estimate of drug-likeness (QED) is 0.781. The van der Waals surface area contributed by atoms with Gasteiger partial charge in [0.05, 0.1) is 12.4 Å². The topological polar surface area (TPSA) is 43.4 Å². The van der Waals surface area contributed by atoms with Gasteiger partial charge in [0.1, 0.15) is 5.75 Å². The molecular weight excluding hydrogens is 316 g/mol. The molecule has 0 aliphatic rings. The Hall–Kier alpha value is -0.260. The van der Waals surface area contributed by atoms with Crippen LogP contribution in [-0.2, 0) is 9.05 Å². The first-order chi connectivity index (χ1) is 7.37. The van der Waals surface area contributed by atoms with Gasteiger partial charge < -0.3 is 4.74 Å². The fraction of sp³-hybridized carbons (Fsp3) is 0.400. The average Bonchev–Trinajstić information content (AvgIpc) is 2.12. The van der Waals surface area contributed by atoms with E-state index in [1.54, 1.807) is 6.92 Å². The van der Waals surface area contributed by atoms with E-state index >= 15 is 0 Å². The molecule has 0 aromatic heterocycles. The molecule has 0 radical (unpaired) electrons. The summed E-state index contributed by atoms with van der Waals surface area (Å²) in [6.07, 6.45) is 0. The predicted octanol–water partition coefficient (Wildman–Crippen LogP) is 3.03. The summed E-state index contributed by atoms with van der Waals surface area (Å²) >= 11 is 3.32. The van der Waals surface area contributed by atoms with Gasteiger partial charge in [-0.2, -0.15) is 0 Å². The molecule has 16 heavy (non-hydrogen) atoms. The second-order valence-corrected chi connectivity index (χ2v) is 7.32. The largest absolute Gasteiger partial charge is 0.493 e. The Bertz CT molecular complexity index is 447. The lowest BCUT2D eigenvalue weighted by Gasteiger charge is -2.11. The van der Waals surface area contributed by atoms with Crippen molar-refractivity contribution in [2.24, 2.45) is 5.92 Å². The van der Waals surface area contributed by atoms with Crippen molar-refractivity contribution in [2.75, 3.05) is 12.4 Å². The summed E-state index contributed by atoms with van der Waals surface area (Å²) in [5, 5.41) is 0. The van der Waals surface area contributed by atoms with Crippen LogP contribution in [0.4, 0.5) is 0 Å². The maximum Gasteiger partial charge on any atom is 0.232 e. The van der Waals surface area contributed by atoms with E-state index in [1.165, 1.54) is 0 Å². The molecule has 0 heterocycles. The molecule has 0 aliphatic carbocycles. The Balaban J connectivity index is 2.46. The van der Waals surface area contributed by atoms with Crippen molar-refractivity contribution >= 4 is 35.7 Å². The molecule has 0 aliphatic heterocycles. The molecule has 0 bridgehead atoms. The summed E-state index contributed by atoms with van der Waals surface area (Å²) in [6, 6.07) is 7.37. The monoisotopic (exact) mass is 326 g/mol. The van der Waals surface area contributed by atoms with Crippen LogP contribution in [0.2, 0.25) is 0 Å². The predicted molar refractivity (Wildman–Crippen MR) is 68.4 cm³/mol. The minimum atomic E-state index is -3.45. The summed E-state index contributed by atoms with van der Waals surface area (Å²) in [5.41, 5.74) is 0. The molecule has 1 unspecified atom stereocenters. The zero-order valence-electron chi connectivity index (χ0n) is 8.69. The smallest absolute Gasteiger partial charge is 0.232 e. The lowest BCUT2D eigenvalue weighted by Crippen LogP contribution is -2.16. The van der Waals surface area contributed by atoms with E-state index in [-0.39, 0.29) is 11.7 Å². The highest BCUT2D eigenvalue weighted by Gasteiger charge is 2.13. The molecule has 0 fully saturated rings. The highest BCUT2D eigenvalue weighted by atomic mass is 79.9. The van der Waals surface area contributed by atoms with Crippen molar-refractivity contribution in [1.29, 1.82) is 0 Å². The van der Waals surface area contributed by atoms with Gasteiger partial charge in [-0.15, -0.1) is 0 Å². The highest BCUT2D eigenvalue weighted by molar-refractivity contribution is 9.10. The second-order valence-electron chi connectivity index (χ2n) is 3.58. The van der Waals surface area contributed by atoms with Crippen LogP contribution in [0.25, 0.3) is 0 Å². The van der Waals surface area contributed by atoms with Gasteiger partial charge in [-0.25, -0.2) is 8.42 Å². The van der Waals surface area contributed by atoms with Gasteiger partial charge in [-0.3, -0.25) is 0 Å². The Kier molecular flexibility index (Phi) is 5.08. The van der Waals surface area contributed by atoms with Crippen molar-refractivity contribution in [3.05, 3.63) is 28.7 Å². The van der Waals surface area contributed by atoms with Crippen LogP contribution >= 0.6 is 26.6 Å². The van der Waals surface area contributed by atoms with Gasteiger partial charge in [-0.05, 0) is 18.2 Å². The Morgan fingerprint density at radius 1 is 1.50 bits per heavy atom. The minimum Gasteiger partial charge on any atom is -0.493 e. The molecule has 0 N–H and O–H groups in total. The molecule has 6 heteroatoms. The van der Waals surface area contributed by atoms with Crippen LogP contribution < -0.4 is 4.74 Å². The number of hydrogen-bond donors (Lipinski definition) is 0. The van der Waals surface area contributed by atoms with Gasteiger partial charge in [0.15, 0.2) is 0 Å². The number of ether oxygens (including phenoxy) is 1. The standard InChI is InChI=1S/C10H12BrClO3S/c1-8(7-16(12,13)14)6-15-10-4-2-3-9(11)5-10/h2-5,8H,6-7H2,1H3. The fourth-order valence-corrected chi connectivity index (χ4v) is 2.98. The van der Waals surface area contributed by atoms with Crippen molar-refractivity contribution in [3.8, 4) is 5.75 Å². The summed E-state index contributed by atoms with van der Waals surface area (Å²) in [5.74, 6) is 0.484. The van der Waals surface area contributed by atoms with Crippen LogP contribution in [0, 0.1) is 5.92 Å². The zero-order valence-corrected chi connectivity index (χ0v) is 11.8. The van der Waals surface area contributed by atoms with Gasteiger partial charge >= 0.3 is 0 Å². The summed E-state index contributed by atoms with van der Waals surface area (Å²) in [7, 11) is 1.69. The van der Waals surface area contributed by atoms with E-state index in [1.807, 2.05) is 24.3 Å². The van der Waals surface area contributed by atoms with Crippen molar-refractivity contribution in [2.45, 2.75) is 6.92 Å². The van der Waals surface area contributed by atoms with Crippen LogP contribution in [0.5, 0.6) is 5.75 Å². The van der Waals surface area contributed by atoms with E-state index < -0.39 is 9.05 Å².